The van der Waals surface area contributed by atoms with E-state index in [0.29, 0.717) is 18.5 Å². The maximum Gasteiger partial charge on any atom is 0.254 e. The quantitative estimate of drug-likeness (QED) is 0.917. The standard InChI is InChI=1S/C17H26N2O/c1-13-7-3-6-10-16(13)19(2)17(20)15-9-5-4-8-14(15)11-12-18/h4-5,8-9,13,16H,3,6-7,10-12,18H2,1-2H3. The highest BCUT2D eigenvalue weighted by Gasteiger charge is 2.28. The lowest BCUT2D eigenvalue weighted by atomic mass is 9.84. The van der Waals surface area contributed by atoms with Gasteiger partial charge in [-0.1, -0.05) is 38.0 Å². The lowest BCUT2D eigenvalue weighted by Crippen LogP contribution is -2.43. The molecule has 2 unspecified atom stereocenters. The molecule has 1 aliphatic rings. The summed E-state index contributed by atoms with van der Waals surface area (Å²) in [6.45, 7) is 2.84. The van der Waals surface area contributed by atoms with Crippen LogP contribution in [0.15, 0.2) is 24.3 Å². The predicted octanol–water partition coefficient (Wildman–Crippen LogP) is 2.84. The van der Waals surface area contributed by atoms with Crippen LogP contribution in [-0.2, 0) is 6.42 Å². The highest BCUT2D eigenvalue weighted by atomic mass is 16.2. The van der Waals surface area contributed by atoms with Crippen LogP contribution in [-0.4, -0.2) is 30.4 Å². The van der Waals surface area contributed by atoms with Gasteiger partial charge in [0.05, 0.1) is 0 Å². The molecule has 0 aromatic heterocycles. The second-order valence-electron chi connectivity index (χ2n) is 5.94. The monoisotopic (exact) mass is 274 g/mol. The normalized spacial score (nSPS) is 22.6. The van der Waals surface area contributed by atoms with Crippen LogP contribution in [0.1, 0.15) is 48.5 Å². The largest absolute Gasteiger partial charge is 0.338 e. The van der Waals surface area contributed by atoms with Gasteiger partial charge in [0.1, 0.15) is 0 Å². The van der Waals surface area contributed by atoms with E-state index in [1.165, 1.54) is 19.3 Å². The molecule has 0 aliphatic heterocycles. The number of hydrogen-bond donors (Lipinski definition) is 1. The van der Waals surface area contributed by atoms with Gasteiger partial charge in [-0.3, -0.25) is 4.79 Å². The molecule has 0 radical (unpaired) electrons. The molecule has 1 amide bonds. The summed E-state index contributed by atoms with van der Waals surface area (Å²) >= 11 is 0. The number of nitrogens with zero attached hydrogens (tertiary/aromatic N) is 1. The number of carbonyl (C=O) groups is 1. The summed E-state index contributed by atoms with van der Waals surface area (Å²) in [6.07, 6.45) is 5.64. The third kappa shape index (κ3) is 3.21. The van der Waals surface area contributed by atoms with E-state index >= 15 is 0 Å². The molecule has 2 N–H and O–H groups in total. The average molecular weight is 274 g/mol. The molecule has 3 nitrogen and oxygen atoms in total. The smallest absolute Gasteiger partial charge is 0.254 e. The third-order valence-electron chi connectivity index (χ3n) is 4.55. The van der Waals surface area contributed by atoms with Crippen molar-refractivity contribution in [2.45, 2.75) is 45.1 Å². The summed E-state index contributed by atoms with van der Waals surface area (Å²) < 4.78 is 0. The Kier molecular flexibility index (Phi) is 5.18. The molecule has 1 aliphatic carbocycles. The van der Waals surface area contributed by atoms with Crippen molar-refractivity contribution >= 4 is 5.91 Å². The van der Waals surface area contributed by atoms with Crippen LogP contribution in [0.5, 0.6) is 0 Å². The Labute approximate surface area is 122 Å². The molecule has 1 aromatic rings. The van der Waals surface area contributed by atoms with Crippen molar-refractivity contribution in [3.8, 4) is 0 Å². The van der Waals surface area contributed by atoms with Gasteiger partial charge in [-0.05, 0) is 43.4 Å². The first-order chi connectivity index (χ1) is 9.65. The van der Waals surface area contributed by atoms with E-state index in [4.69, 9.17) is 5.73 Å². The van der Waals surface area contributed by atoms with Gasteiger partial charge in [0.15, 0.2) is 0 Å². The van der Waals surface area contributed by atoms with Crippen molar-refractivity contribution in [2.75, 3.05) is 13.6 Å². The van der Waals surface area contributed by atoms with Gasteiger partial charge in [0.25, 0.3) is 5.91 Å². The molecule has 1 aromatic carbocycles. The molecule has 0 spiro atoms. The Morgan fingerprint density at radius 1 is 1.30 bits per heavy atom. The molecule has 1 saturated carbocycles. The minimum absolute atomic E-state index is 0.146. The van der Waals surface area contributed by atoms with E-state index in [1.807, 2.05) is 36.2 Å². The summed E-state index contributed by atoms with van der Waals surface area (Å²) in [4.78, 5) is 14.7. The molecule has 2 rings (SSSR count). The van der Waals surface area contributed by atoms with Crippen molar-refractivity contribution in [1.82, 2.24) is 4.90 Å². The Bertz CT molecular complexity index is 458. The summed E-state index contributed by atoms with van der Waals surface area (Å²) in [5, 5.41) is 0. The van der Waals surface area contributed by atoms with E-state index in [2.05, 4.69) is 6.92 Å². The Hall–Kier alpha value is -1.35. The Balaban J connectivity index is 2.17. The number of amides is 1. The fourth-order valence-corrected chi connectivity index (χ4v) is 3.32. The lowest BCUT2D eigenvalue weighted by Gasteiger charge is -2.36. The van der Waals surface area contributed by atoms with Gasteiger partial charge in [0, 0.05) is 18.7 Å². The molecule has 3 heteroatoms. The molecule has 20 heavy (non-hydrogen) atoms. The van der Waals surface area contributed by atoms with Gasteiger partial charge in [-0.2, -0.15) is 0 Å². The topological polar surface area (TPSA) is 46.3 Å². The van der Waals surface area contributed by atoms with Crippen molar-refractivity contribution in [1.29, 1.82) is 0 Å². The van der Waals surface area contributed by atoms with E-state index < -0.39 is 0 Å². The first kappa shape index (κ1) is 15.0. The summed E-state index contributed by atoms with van der Waals surface area (Å²) in [5.74, 6) is 0.743. The van der Waals surface area contributed by atoms with Gasteiger partial charge in [-0.15, -0.1) is 0 Å². The van der Waals surface area contributed by atoms with Gasteiger partial charge in [-0.25, -0.2) is 0 Å². The van der Waals surface area contributed by atoms with Gasteiger partial charge >= 0.3 is 0 Å². The van der Waals surface area contributed by atoms with E-state index in [-0.39, 0.29) is 5.91 Å². The minimum atomic E-state index is 0.146. The van der Waals surface area contributed by atoms with Crippen LogP contribution in [0.25, 0.3) is 0 Å². The molecule has 0 saturated heterocycles. The van der Waals surface area contributed by atoms with Crippen LogP contribution in [0, 0.1) is 5.92 Å². The fourth-order valence-electron chi connectivity index (χ4n) is 3.32. The molecular weight excluding hydrogens is 248 g/mol. The summed E-state index contributed by atoms with van der Waals surface area (Å²) in [6, 6.07) is 8.23. The maximum atomic E-state index is 12.8. The Morgan fingerprint density at radius 3 is 2.70 bits per heavy atom. The number of rotatable bonds is 4. The van der Waals surface area contributed by atoms with Crippen LogP contribution in [0.4, 0.5) is 0 Å². The van der Waals surface area contributed by atoms with E-state index in [1.54, 1.807) is 0 Å². The van der Waals surface area contributed by atoms with Crippen LogP contribution in [0.2, 0.25) is 0 Å². The van der Waals surface area contributed by atoms with Crippen molar-refractivity contribution in [2.24, 2.45) is 11.7 Å². The lowest BCUT2D eigenvalue weighted by molar-refractivity contribution is 0.0628. The molecule has 110 valence electrons. The zero-order chi connectivity index (χ0) is 14.5. The average Bonchev–Trinajstić information content (AvgIpc) is 2.47. The molecule has 0 heterocycles. The molecule has 2 atom stereocenters. The van der Waals surface area contributed by atoms with Crippen molar-refractivity contribution in [3.63, 3.8) is 0 Å². The van der Waals surface area contributed by atoms with E-state index in [9.17, 15) is 4.79 Å². The summed E-state index contributed by atoms with van der Waals surface area (Å²) in [7, 11) is 1.95. The van der Waals surface area contributed by atoms with E-state index in [0.717, 1.165) is 24.0 Å². The highest BCUT2D eigenvalue weighted by molar-refractivity contribution is 5.95. The highest BCUT2D eigenvalue weighted by Crippen LogP contribution is 2.28. The summed E-state index contributed by atoms with van der Waals surface area (Å²) in [5.41, 5.74) is 7.53. The number of carbonyl (C=O) groups excluding carboxylic acids is 1. The fraction of sp³-hybridized carbons (Fsp3) is 0.588. The van der Waals surface area contributed by atoms with Crippen LogP contribution < -0.4 is 5.73 Å². The predicted molar refractivity (Wildman–Crippen MR) is 82.7 cm³/mol. The van der Waals surface area contributed by atoms with Gasteiger partial charge < -0.3 is 10.6 Å². The zero-order valence-corrected chi connectivity index (χ0v) is 12.6. The first-order valence-corrected chi connectivity index (χ1v) is 7.70. The second kappa shape index (κ2) is 6.89. The Morgan fingerprint density at radius 2 is 2.00 bits per heavy atom. The van der Waals surface area contributed by atoms with Crippen LogP contribution in [0.3, 0.4) is 0 Å². The number of hydrogen-bond acceptors (Lipinski definition) is 2. The molecule has 0 bridgehead atoms. The van der Waals surface area contributed by atoms with Crippen molar-refractivity contribution in [3.05, 3.63) is 35.4 Å². The minimum Gasteiger partial charge on any atom is -0.338 e. The second-order valence-corrected chi connectivity index (χ2v) is 5.94. The van der Waals surface area contributed by atoms with Crippen LogP contribution >= 0.6 is 0 Å². The third-order valence-corrected chi connectivity index (χ3v) is 4.55. The van der Waals surface area contributed by atoms with Crippen molar-refractivity contribution < 1.29 is 4.79 Å². The van der Waals surface area contributed by atoms with Gasteiger partial charge in [0.2, 0.25) is 0 Å². The first-order valence-electron chi connectivity index (χ1n) is 7.70. The zero-order valence-electron chi connectivity index (χ0n) is 12.6. The number of nitrogens with two attached hydrogens (primary N) is 1. The maximum absolute atomic E-state index is 12.8. The molecular formula is C17H26N2O. The molecule has 1 fully saturated rings. The number of benzene rings is 1. The SMILES string of the molecule is CC1CCCCC1N(C)C(=O)c1ccccc1CCN.